The maximum Gasteiger partial charge on any atom is 0.0679 e. The molecule has 0 unspecified atom stereocenters. The zero-order chi connectivity index (χ0) is 14.3. The number of likely N-dealkylation sites (N-methyl/N-ethyl adjacent to an activating group) is 1. The van der Waals surface area contributed by atoms with Crippen molar-refractivity contribution in [2.24, 2.45) is 0 Å². The average molecular weight is 265 g/mol. The van der Waals surface area contributed by atoms with Crippen LogP contribution in [0.2, 0.25) is 0 Å². The molecule has 0 fully saturated rings. The van der Waals surface area contributed by atoms with Crippen molar-refractivity contribution in [1.82, 2.24) is 15.1 Å². The Bertz CT molecular complexity index is 747. The highest BCUT2D eigenvalue weighted by Crippen LogP contribution is 2.33. The molecule has 1 aromatic carbocycles. The van der Waals surface area contributed by atoms with Crippen LogP contribution in [0.1, 0.15) is 24.5 Å². The van der Waals surface area contributed by atoms with Gasteiger partial charge < -0.3 is 4.90 Å². The lowest BCUT2D eigenvalue weighted by Gasteiger charge is -2.29. The molecule has 0 atom stereocenters. The van der Waals surface area contributed by atoms with E-state index in [4.69, 9.17) is 0 Å². The van der Waals surface area contributed by atoms with Gasteiger partial charge in [-0.05, 0) is 48.3 Å². The normalized spacial score (nSPS) is 15.6. The largest absolute Gasteiger partial charge is 0.344 e. The van der Waals surface area contributed by atoms with Crippen LogP contribution in [0, 0.1) is 6.92 Å². The maximum atomic E-state index is 4.14. The van der Waals surface area contributed by atoms with Gasteiger partial charge >= 0.3 is 0 Å². The summed E-state index contributed by atoms with van der Waals surface area (Å²) in [5.41, 5.74) is 7.14. The van der Waals surface area contributed by atoms with Crippen molar-refractivity contribution < 1.29 is 0 Å². The van der Waals surface area contributed by atoms with Crippen molar-refractivity contribution in [1.29, 1.82) is 0 Å². The fourth-order valence-corrected chi connectivity index (χ4v) is 2.78. The maximum absolute atomic E-state index is 4.14. The first-order chi connectivity index (χ1) is 9.61. The molecule has 1 aliphatic heterocycles. The third-order valence-electron chi connectivity index (χ3n) is 3.95. The molecule has 2 aromatic rings. The van der Waals surface area contributed by atoms with E-state index in [-0.39, 0.29) is 0 Å². The molecule has 3 rings (SSSR count). The predicted molar refractivity (Wildman–Crippen MR) is 84.1 cm³/mol. The summed E-state index contributed by atoms with van der Waals surface area (Å²) in [7, 11) is 2.08. The van der Waals surface area contributed by atoms with Gasteiger partial charge in [-0.3, -0.25) is 5.10 Å². The molecule has 2 heterocycles. The van der Waals surface area contributed by atoms with Crippen LogP contribution < -0.4 is 0 Å². The molecular weight excluding hydrogens is 246 g/mol. The number of aromatic amines is 1. The number of fused-ring (bicyclic) bond motifs is 1. The van der Waals surface area contributed by atoms with Crippen molar-refractivity contribution >= 4 is 16.6 Å². The van der Waals surface area contributed by atoms with Crippen LogP contribution in [-0.4, -0.2) is 22.1 Å². The number of hydrogen-bond donors (Lipinski definition) is 1. The Labute approximate surface area is 119 Å². The molecule has 20 heavy (non-hydrogen) atoms. The smallest absolute Gasteiger partial charge is 0.0679 e. The number of H-pyrrole nitrogens is 1. The number of nitrogens with zero attached hydrogens (tertiary/aromatic N) is 2. The monoisotopic (exact) mass is 265 g/mol. The van der Waals surface area contributed by atoms with Crippen LogP contribution in [0.25, 0.3) is 16.6 Å². The fourth-order valence-electron chi connectivity index (χ4n) is 2.78. The molecule has 0 saturated carbocycles. The molecule has 0 spiro atoms. The second-order valence-corrected chi connectivity index (χ2v) is 5.24. The summed E-state index contributed by atoms with van der Waals surface area (Å²) in [5.74, 6) is 0. The van der Waals surface area contributed by atoms with Gasteiger partial charge in [-0.25, -0.2) is 0 Å². The molecule has 0 bridgehead atoms. The van der Waals surface area contributed by atoms with E-state index in [9.17, 15) is 0 Å². The van der Waals surface area contributed by atoms with E-state index in [1.165, 1.54) is 22.4 Å². The minimum absolute atomic E-state index is 1.01. The second-order valence-electron chi connectivity index (χ2n) is 5.24. The van der Waals surface area contributed by atoms with Gasteiger partial charge in [0.25, 0.3) is 0 Å². The number of benzene rings is 1. The molecule has 0 aliphatic carbocycles. The average Bonchev–Trinajstić information content (AvgIpc) is 2.90. The summed E-state index contributed by atoms with van der Waals surface area (Å²) in [6, 6.07) is 4.41. The quantitative estimate of drug-likeness (QED) is 0.889. The Morgan fingerprint density at radius 1 is 1.30 bits per heavy atom. The Balaban J connectivity index is 2.24. The Morgan fingerprint density at radius 3 is 2.85 bits per heavy atom. The van der Waals surface area contributed by atoms with Crippen LogP contribution in [0.5, 0.6) is 0 Å². The van der Waals surface area contributed by atoms with Crippen molar-refractivity contribution in [3.8, 4) is 0 Å². The van der Waals surface area contributed by atoms with Gasteiger partial charge in [0.05, 0.1) is 17.4 Å². The molecule has 1 aromatic heterocycles. The molecule has 3 heteroatoms. The first-order valence-electron chi connectivity index (χ1n) is 6.89. The summed E-state index contributed by atoms with van der Waals surface area (Å²) in [4.78, 5) is 2.17. The summed E-state index contributed by atoms with van der Waals surface area (Å²) in [6.45, 7) is 8.40. The zero-order valence-electron chi connectivity index (χ0n) is 12.2. The summed E-state index contributed by atoms with van der Waals surface area (Å²) in [6.07, 6.45) is 7.13. The van der Waals surface area contributed by atoms with Gasteiger partial charge in [0.2, 0.25) is 0 Å². The van der Waals surface area contributed by atoms with Gasteiger partial charge in [0.15, 0.2) is 0 Å². The molecule has 3 nitrogen and oxygen atoms in total. The third kappa shape index (κ3) is 1.86. The fraction of sp³-hybridized carbons (Fsp3) is 0.235. The zero-order valence-corrected chi connectivity index (χ0v) is 12.2. The van der Waals surface area contributed by atoms with Crippen molar-refractivity contribution in [2.45, 2.75) is 20.3 Å². The molecule has 0 amide bonds. The van der Waals surface area contributed by atoms with Gasteiger partial charge in [-0.2, -0.15) is 5.10 Å². The van der Waals surface area contributed by atoms with Crippen molar-refractivity contribution in [3.05, 3.63) is 59.5 Å². The molecule has 0 saturated heterocycles. The molecule has 102 valence electrons. The number of nitrogens with one attached hydrogen (secondary N) is 1. The van der Waals surface area contributed by atoms with Gasteiger partial charge in [-0.1, -0.05) is 19.6 Å². The minimum atomic E-state index is 1.01. The first-order valence-corrected chi connectivity index (χ1v) is 6.89. The highest BCUT2D eigenvalue weighted by molar-refractivity contribution is 5.87. The van der Waals surface area contributed by atoms with E-state index < -0.39 is 0 Å². The van der Waals surface area contributed by atoms with Crippen LogP contribution >= 0.6 is 0 Å². The second kappa shape index (κ2) is 4.67. The van der Waals surface area contributed by atoms with Gasteiger partial charge in [0.1, 0.15) is 0 Å². The lowest BCUT2D eigenvalue weighted by Crippen LogP contribution is -2.18. The van der Waals surface area contributed by atoms with Crippen molar-refractivity contribution in [2.75, 3.05) is 7.05 Å². The molecule has 1 aliphatic rings. The summed E-state index contributed by atoms with van der Waals surface area (Å²) < 4.78 is 0. The third-order valence-corrected chi connectivity index (χ3v) is 3.95. The molecule has 0 radical (unpaired) electrons. The highest BCUT2D eigenvalue weighted by Gasteiger charge is 2.18. The molecular formula is C17H19N3. The number of allylic oxidation sites excluding steroid dienone is 3. The van der Waals surface area contributed by atoms with Crippen LogP contribution in [-0.2, 0) is 0 Å². The number of rotatable bonds is 2. The number of hydrogen-bond acceptors (Lipinski definition) is 2. The van der Waals surface area contributed by atoms with Gasteiger partial charge in [0, 0.05) is 18.1 Å². The van der Waals surface area contributed by atoms with Gasteiger partial charge in [-0.15, -0.1) is 0 Å². The summed E-state index contributed by atoms with van der Waals surface area (Å²) >= 11 is 0. The van der Waals surface area contributed by atoms with E-state index in [0.717, 1.165) is 23.0 Å². The number of aromatic nitrogens is 2. The lowest BCUT2D eigenvalue weighted by molar-refractivity contribution is 0.608. The van der Waals surface area contributed by atoms with E-state index in [1.54, 1.807) is 0 Å². The first kappa shape index (κ1) is 12.7. The van der Waals surface area contributed by atoms with Crippen molar-refractivity contribution in [3.63, 3.8) is 0 Å². The molecule has 1 N–H and O–H groups in total. The standard InChI is InChI=1S/C17H19N3/c1-5-13-7-6-12(3)20(4)17(13)14-8-11(2)16-15(9-14)10-18-19-16/h6-10H,3,5H2,1-2,4H3,(H,18,19). The predicted octanol–water partition coefficient (Wildman–Crippen LogP) is 4.01. The lowest BCUT2D eigenvalue weighted by atomic mass is 9.97. The topological polar surface area (TPSA) is 31.9 Å². The van der Waals surface area contributed by atoms with E-state index in [0.29, 0.717) is 0 Å². The Morgan fingerprint density at radius 2 is 2.10 bits per heavy atom. The van der Waals surface area contributed by atoms with Crippen LogP contribution in [0.15, 0.2) is 48.3 Å². The van der Waals surface area contributed by atoms with E-state index >= 15 is 0 Å². The highest BCUT2D eigenvalue weighted by atomic mass is 15.1. The van der Waals surface area contributed by atoms with Crippen LogP contribution in [0.4, 0.5) is 0 Å². The Kier molecular flexibility index (Phi) is 2.97. The minimum Gasteiger partial charge on any atom is -0.344 e. The Hall–Kier alpha value is -2.29. The number of aryl methyl sites for hydroxylation is 1. The van der Waals surface area contributed by atoms with E-state index in [1.807, 2.05) is 6.20 Å². The SMILES string of the molecule is C=C1C=CC(CC)=C(c2cc(C)c3[nH]ncc3c2)N1C. The summed E-state index contributed by atoms with van der Waals surface area (Å²) in [5, 5.41) is 8.34. The van der Waals surface area contributed by atoms with Crippen LogP contribution in [0.3, 0.4) is 0 Å². The van der Waals surface area contributed by atoms with E-state index in [2.05, 4.69) is 66.9 Å².